The quantitative estimate of drug-likeness (QED) is 0.643. The first-order valence-corrected chi connectivity index (χ1v) is 7.40. The van der Waals surface area contributed by atoms with Gasteiger partial charge in [-0.05, 0) is 31.7 Å². The van der Waals surface area contributed by atoms with Crippen molar-refractivity contribution < 1.29 is 14.7 Å². The van der Waals surface area contributed by atoms with E-state index in [1.54, 1.807) is 12.3 Å². The van der Waals surface area contributed by atoms with Crippen molar-refractivity contribution in [3.8, 4) is 0 Å². The first-order chi connectivity index (χ1) is 10.5. The van der Waals surface area contributed by atoms with Gasteiger partial charge in [-0.2, -0.15) is 0 Å². The van der Waals surface area contributed by atoms with E-state index in [-0.39, 0.29) is 18.4 Å². The number of anilines is 1. The molecule has 1 unspecified atom stereocenters. The molecule has 0 radical (unpaired) electrons. The number of aliphatic carboxylic acids is 1. The van der Waals surface area contributed by atoms with E-state index in [1.807, 2.05) is 13.0 Å². The number of rotatable bonds is 5. The number of amides is 1. The number of hydrogen-bond donors (Lipinski definition) is 2. The van der Waals surface area contributed by atoms with Crippen LogP contribution in [-0.4, -0.2) is 21.6 Å². The number of aromatic nitrogens is 1. The Bertz CT molecular complexity index is 662. The number of allylic oxidation sites excluding steroid dienone is 2. The molecule has 1 atom stereocenters. The van der Waals surface area contributed by atoms with Crippen LogP contribution in [-0.2, 0) is 16.1 Å². The molecule has 2 rings (SSSR count). The highest BCUT2D eigenvalue weighted by Crippen LogP contribution is 2.34. The van der Waals surface area contributed by atoms with Gasteiger partial charge in [-0.15, -0.1) is 0 Å². The number of carboxylic acid groups (broad SMARTS) is 1. The largest absolute Gasteiger partial charge is 0.480 e. The lowest BCUT2D eigenvalue weighted by molar-refractivity contribution is -0.154. The lowest BCUT2D eigenvalue weighted by Gasteiger charge is -2.29. The first-order valence-electron chi connectivity index (χ1n) is 7.40. The summed E-state index contributed by atoms with van der Waals surface area (Å²) in [6.07, 6.45) is 6.99. The van der Waals surface area contributed by atoms with Crippen LogP contribution in [0.3, 0.4) is 0 Å². The summed E-state index contributed by atoms with van der Waals surface area (Å²) < 4.78 is 1.50. The number of nitrogens with one attached hydrogen (secondary N) is 1. The summed E-state index contributed by atoms with van der Waals surface area (Å²) in [7, 11) is 0. The maximum atomic E-state index is 12.5. The molecule has 118 valence electrons. The molecule has 0 aliphatic heterocycles. The fourth-order valence-electron chi connectivity index (χ4n) is 2.60. The van der Waals surface area contributed by atoms with Crippen molar-refractivity contribution in [1.82, 2.24) is 4.57 Å². The first kappa shape index (κ1) is 16.0. The van der Waals surface area contributed by atoms with Crippen molar-refractivity contribution >= 4 is 17.6 Å². The zero-order valence-electron chi connectivity index (χ0n) is 12.5. The molecule has 0 aromatic carbocycles. The van der Waals surface area contributed by atoms with E-state index in [1.165, 1.54) is 16.7 Å². The highest BCUT2D eigenvalue weighted by Gasteiger charge is 2.45. The van der Waals surface area contributed by atoms with Crippen molar-refractivity contribution in [2.45, 2.75) is 39.2 Å². The van der Waals surface area contributed by atoms with Gasteiger partial charge in [0.1, 0.15) is 5.41 Å². The number of hydrogen-bond acceptors (Lipinski definition) is 3. The molecular weight excluding hydrogens is 284 g/mol. The molecule has 0 saturated heterocycles. The summed E-state index contributed by atoms with van der Waals surface area (Å²) in [5.41, 5.74) is -1.14. The molecule has 2 N–H and O–H groups in total. The van der Waals surface area contributed by atoms with Gasteiger partial charge in [0.05, 0.1) is 5.69 Å². The third-order valence-electron chi connectivity index (χ3n) is 3.92. The highest BCUT2D eigenvalue weighted by molar-refractivity contribution is 6.08. The third-order valence-corrected chi connectivity index (χ3v) is 3.92. The molecule has 22 heavy (non-hydrogen) atoms. The van der Waals surface area contributed by atoms with Gasteiger partial charge in [-0.25, -0.2) is 0 Å². The zero-order chi connectivity index (χ0) is 16.2. The zero-order valence-corrected chi connectivity index (χ0v) is 12.5. The molecule has 1 heterocycles. The van der Waals surface area contributed by atoms with Crippen molar-refractivity contribution in [2.24, 2.45) is 5.41 Å². The van der Waals surface area contributed by atoms with Gasteiger partial charge in [0.2, 0.25) is 5.91 Å². The summed E-state index contributed by atoms with van der Waals surface area (Å²) in [4.78, 5) is 35.7. The maximum absolute atomic E-state index is 12.5. The van der Waals surface area contributed by atoms with Crippen LogP contribution in [0.4, 0.5) is 5.69 Å². The number of aryl methyl sites for hydroxylation is 1. The smallest absolute Gasteiger partial charge is 0.319 e. The number of carbonyl (C=O) groups is 2. The van der Waals surface area contributed by atoms with Gasteiger partial charge in [0.25, 0.3) is 5.56 Å². The monoisotopic (exact) mass is 304 g/mol. The van der Waals surface area contributed by atoms with Gasteiger partial charge in [-0.1, -0.05) is 19.1 Å². The van der Waals surface area contributed by atoms with Crippen LogP contribution in [0.15, 0.2) is 35.3 Å². The molecule has 1 aliphatic carbocycles. The van der Waals surface area contributed by atoms with Crippen molar-refractivity contribution in [2.75, 3.05) is 5.32 Å². The van der Waals surface area contributed by atoms with Crippen LogP contribution in [0.5, 0.6) is 0 Å². The molecule has 1 aromatic rings. The minimum Gasteiger partial charge on any atom is -0.480 e. The van der Waals surface area contributed by atoms with Crippen LogP contribution in [0, 0.1) is 5.41 Å². The number of pyridine rings is 1. The lowest BCUT2D eigenvalue weighted by Crippen LogP contribution is -2.43. The van der Waals surface area contributed by atoms with E-state index in [9.17, 15) is 19.5 Å². The Labute approximate surface area is 128 Å². The number of carbonyl (C=O) groups excluding carboxylic acids is 1. The Morgan fingerprint density at radius 1 is 1.36 bits per heavy atom. The molecule has 0 bridgehead atoms. The summed E-state index contributed by atoms with van der Waals surface area (Å²) in [5, 5.41) is 12.1. The second-order valence-corrected chi connectivity index (χ2v) is 5.50. The Kier molecular flexibility index (Phi) is 4.80. The molecule has 1 aromatic heterocycles. The van der Waals surface area contributed by atoms with E-state index in [4.69, 9.17) is 0 Å². The Morgan fingerprint density at radius 3 is 2.73 bits per heavy atom. The van der Waals surface area contributed by atoms with Crippen LogP contribution in [0.2, 0.25) is 0 Å². The molecule has 1 amide bonds. The van der Waals surface area contributed by atoms with E-state index in [0.717, 1.165) is 6.42 Å². The average Bonchev–Trinajstić information content (AvgIpc) is 2.51. The highest BCUT2D eigenvalue weighted by atomic mass is 16.4. The summed E-state index contributed by atoms with van der Waals surface area (Å²) in [5.74, 6) is -1.65. The summed E-state index contributed by atoms with van der Waals surface area (Å²) in [6, 6.07) is 2.88. The topological polar surface area (TPSA) is 88.4 Å². The molecule has 0 spiro atoms. The van der Waals surface area contributed by atoms with E-state index >= 15 is 0 Å². The molecule has 1 aliphatic rings. The Balaban J connectivity index is 2.24. The van der Waals surface area contributed by atoms with Crippen molar-refractivity contribution in [3.63, 3.8) is 0 Å². The van der Waals surface area contributed by atoms with Crippen molar-refractivity contribution in [3.05, 3.63) is 40.8 Å². The minimum absolute atomic E-state index is 0.145. The SMILES string of the molecule is CCCn1cc(NC(=O)C2(C(=O)O)CC=CCC2)ccc1=O. The molecule has 0 saturated carbocycles. The fraction of sp³-hybridized carbons (Fsp3) is 0.438. The third kappa shape index (κ3) is 3.10. The van der Waals surface area contributed by atoms with Crippen LogP contribution >= 0.6 is 0 Å². The van der Waals surface area contributed by atoms with Gasteiger partial charge in [0.15, 0.2) is 0 Å². The van der Waals surface area contributed by atoms with E-state index in [0.29, 0.717) is 18.7 Å². The van der Waals surface area contributed by atoms with E-state index < -0.39 is 17.3 Å². The van der Waals surface area contributed by atoms with Crippen LogP contribution in [0.1, 0.15) is 32.6 Å². The summed E-state index contributed by atoms with van der Waals surface area (Å²) >= 11 is 0. The predicted molar refractivity (Wildman–Crippen MR) is 82.7 cm³/mol. The molecular formula is C16H20N2O4. The number of nitrogens with zero attached hydrogens (tertiary/aromatic N) is 1. The second kappa shape index (κ2) is 6.60. The minimum atomic E-state index is -1.43. The molecule has 6 nitrogen and oxygen atoms in total. The van der Waals surface area contributed by atoms with Gasteiger partial charge in [0, 0.05) is 18.8 Å². The average molecular weight is 304 g/mol. The fourth-order valence-corrected chi connectivity index (χ4v) is 2.60. The second-order valence-electron chi connectivity index (χ2n) is 5.50. The Morgan fingerprint density at radius 2 is 2.14 bits per heavy atom. The maximum Gasteiger partial charge on any atom is 0.319 e. The van der Waals surface area contributed by atoms with Gasteiger partial charge >= 0.3 is 5.97 Å². The van der Waals surface area contributed by atoms with Crippen LogP contribution < -0.4 is 10.9 Å². The predicted octanol–water partition coefficient (Wildman–Crippen LogP) is 2.01. The van der Waals surface area contributed by atoms with E-state index in [2.05, 4.69) is 5.32 Å². The molecule has 0 fully saturated rings. The number of carboxylic acids is 1. The van der Waals surface area contributed by atoms with Gasteiger partial charge in [-0.3, -0.25) is 14.4 Å². The normalized spacial score (nSPS) is 20.6. The standard InChI is InChI=1S/C16H20N2O4/c1-2-10-18-11-12(6-7-13(18)19)17-14(20)16(15(21)22)8-4-3-5-9-16/h3-4,6-7,11H,2,5,8-10H2,1H3,(H,17,20)(H,21,22). The van der Waals surface area contributed by atoms with Gasteiger partial charge < -0.3 is 15.0 Å². The lowest BCUT2D eigenvalue weighted by atomic mass is 9.76. The summed E-state index contributed by atoms with van der Waals surface area (Å²) in [6.45, 7) is 2.50. The van der Waals surface area contributed by atoms with Crippen LogP contribution in [0.25, 0.3) is 0 Å². The Hall–Kier alpha value is -2.37. The van der Waals surface area contributed by atoms with Crippen molar-refractivity contribution in [1.29, 1.82) is 0 Å². The molecule has 6 heteroatoms.